The molecule has 0 saturated heterocycles. The van der Waals surface area contributed by atoms with E-state index in [2.05, 4.69) is 4.98 Å². The Morgan fingerprint density at radius 2 is 2.33 bits per heavy atom. The number of halogens is 1. The Labute approximate surface area is 80.3 Å². The fourth-order valence-corrected chi connectivity index (χ4v) is 2.98. The fourth-order valence-electron chi connectivity index (χ4n) is 0.619. The summed E-state index contributed by atoms with van der Waals surface area (Å²) in [6.45, 7) is 1.59. The molecule has 0 aliphatic carbocycles. The lowest BCUT2D eigenvalue weighted by atomic mass is 10.6. The highest BCUT2D eigenvalue weighted by Gasteiger charge is 2.15. The Kier molecular flexibility index (Phi) is 3.09. The van der Waals surface area contributed by atoms with Crippen LogP contribution in [0.5, 0.6) is 0 Å². The number of rotatable bonds is 3. The van der Waals surface area contributed by atoms with Gasteiger partial charge in [-0.15, -0.1) is 22.9 Å². The van der Waals surface area contributed by atoms with Crippen molar-refractivity contribution in [2.45, 2.75) is 17.1 Å². The van der Waals surface area contributed by atoms with E-state index in [1.165, 1.54) is 6.20 Å². The molecule has 0 saturated carbocycles. The molecule has 0 fully saturated rings. The van der Waals surface area contributed by atoms with Crippen LogP contribution in [0, 0.1) is 0 Å². The van der Waals surface area contributed by atoms with E-state index in [0.29, 0.717) is 5.88 Å². The molecule has 0 spiro atoms. The van der Waals surface area contributed by atoms with Crippen LogP contribution >= 0.6 is 22.9 Å². The quantitative estimate of drug-likeness (QED) is 0.736. The van der Waals surface area contributed by atoms with Gasteiger partial charge in [-0.3, -0.25) is 0 Å². The van der Waals surface area contributed by atoms with Crippen LogP contribution in [0.25, 0.3) is 0 Å². The molecule has 12 heavy (non-hydrogen) atoms. The smallest absolute Gasteiger partial charge is 0.209 e. The number of hydrogen-bond acceptors (Lipinski definition) is 4. The molecule has 0 aliphatic rings. The minimum absolute atomic E-state index is 0.0856. The van der Waals surface area contributed by atoms with Crippen molar-refractivity contribution in [2.24, 2.45) is 0 Å². The van der Waals surface area contributed by atoms with Gasteiger partial charge in [0.25, 0.3) is 0 Å². The van der Waals surface area contributed by atoms with Crippen molar-refractivity contribution < 1.29 is 8.42 Å². The maximum absolute atomic E-state index is 11.2. The molecule has 0 N–H and O–H groups in total. The predicted octanol–water partition coefficient (Wildman–Crippen LogP) is 1.68. The van der Waals surface area contributed by atoms with E-state index in [4.69, 9.17) is 11.6 Å². The molecule has 68 valence electrons. The van der Waals surface area contributed by atoms with Gasteiger partial charge in [0.1, 0.15) is 0 Å². The maximum atomic E-state index is 11.2. The van der Waals surface area contributed by atoms with Crippen molar-refractivity contribution in [1.82, 2.24) is 4.98 Å². The van der Waals surface area contributed by atoms with Gasteiger partial charge in [0.2, 0.25) is 14.2 Å². The SMILES string of the molecule is CCS(=O)(=O)c1ncc(CCl)s1. The summed E-state index contributed by atoms with van der Waals surface area (Å²) in [5.41, 5.74) is 0. The lowest BCUT2D eigenvalue weighted by Crippen LogP contribution is -2.02. The molecule has 0 aromatic carbocycles. The van der Waals surface area contributed by atoms with E-state index < -0.39 is 9.84 Å². The fraction of sp³-hybridized carbons (Fsp3) is 0.500. The number of thiazole rings is 1. The maximum Gasteiger partial charge on any atom is 0.209 e. The van der Waals surface area contributed by atoms with Gasteiger partial charge in [0.15, 0.2) is 0 Å². The molecular formula is C6H8ClNO2S2. The van der Waals surface area contributed by atoms with Gasteiger partial charge in [-0.2, -0.15) is 0 Å². The second kappa shape index (κ2) is 3.72. The molecule has 0 bridgehead atoms. The third-order valence-electron chi connectivity index (χ3n) is 1.31. The van der Waals surface area contributed by atoms with Gasteiger partial charge in [0.05, 0.1) is 11.6 Å². The number of sulfone groups is 1. The number of alkyl halides is 1. The summed E-state index contributed by atoms with van der Waals surface area (Å²) in [6, 6.07) is 0. The first-order valence-electron chi connectivity index (χ1n) is 3.33. The second-order valence-corrected chi connectivity index (χ2v) is 5.96. The Hall–Kier alpha value is -0.130. The summed E-state index contributed by atoms with van der Waals surface area (Å²) in [5.74, 6) is 0.402. The van der Waals surface area contributed by atoms with E-state index >= 15 is 0 Å². The Bertz CT molecular complexity index is 357. The predicted molar refractivity (Wildman–Crippen MR) is 49.4 cm³/mol. The largest absolute Gasteiger partial charge is 0.233 e. The molecule has 0 unspecified atom stereocenters. The normalized spacial score (nSPS) is 11.8. The summed E-state index contributed by atoms with van der Waals surface area (Å²) in [6.07, 6.45) is 1.50. The van der Waals surface area contributed by atoms with Crippen LogP contribution in [0.1, 0.15) is 11.8 Å². The van der Waals surface area contributed by atoms with Gasteiger partial charge in [0, 0.05) is 11.1 Å². The molecular weight excluding hydrogens is 218 g/mol. The van der Waals surface area contributed by atoms with Crippen LogP contribution in [0.3, 0.4) is 0 Å². The molecule has 0 radical (unpaired) electrons. The number of nitrogens with zero attached hydrogens (tertiary/aromatic N) is 1. The molecule has 6 heteroatoms. The first-order chi connectivity index (χ1) is 5.60. The minimum atomic E-state index is -3.14. The van der Waals surface area contributed by atoms with Crippen LogP contribution in [0.4, 0.5) is 0 Å². The molecule has 1 aromatic heterocycles. The monoisotopic (exact) mass is 225 g/mol. The zero-order valence-corrected chi connectivity index (χ0v) is 8.84. The standard InChI is InChI=1S/C6H8ClNO2S2/c1-2-12(9,10)6-8-4-5(3-7)11-6/h4H,2-3H2,1H3. The van der Waals surface area contributed by atoms with E-state index in [9.17, 15) is 8.42 Å². The summed E-state index contributed by atoms with van der Waals surface area (Å²) in [7, 11) is -3.14. The second-order valence-electron chi connectivity index (χ2n) is 2.13. The Morgan fingerprint density at radius 1 is 1.67 bits per heavy atom. The lowest BCUT2D eigenvalue weighted by Gasteiger charge is -1.91. The average Bonchev–Trinajstić information content (AvgIpc) is 2.52. The average molecular weight is 226 g/mol. The van der Waals surface area contributed by atoms with Crippen molar-refractivity contribution in [3.05, 3.63) is 11.1 Å². The number of hydrogen-bond donors (Lipinski definition) is 0. The van der Waals surface area contributed by atoms with Gasteiger partial charge < -0.3 is 0 Å². The molecule has 0 aliphatic heterocycles. The highest BCUT2D eigenvalue weighted by atomic mass is 35.5. The van der Waals surface area contributed by atoms with Crippen molar-refractivity contribution in [3.8, 4) is 0 Å². The Balaban J connectivity index is 3.05. The summed E-state index contributed by atoms with van der Waals surface area (Å²) in [4.78, 5) is 4.56. The van der Waals surface area contributed by atoms with E-state index in [1.54, 1.807) is 6.92 Å². The van der Waals surface area contributed by atoms with E-state index in [-0.39, 0.29) is 10.1 Å². The van der Waals surface area contributed by atoms with Crippen molar-refractivity contribution in [3.63, 3.8) is 0 Å². The zero-order chi connectivity index (χ0) is 9.19. The summed E-state index contributed by atoms with van der Waals surface area (Å²) < 4.78 is 22.6. The molecule has 0 amide bonds. The van der Waals surface area contributed by atoms with Crippen LogP contribution < -0.4 is 0 Å². The van der Waals surface area contributed by atoms with Crippen LogP contribution in [0.15, 0.2) is 10.5 Å². The Morgan fingerprint density at radius 3 is 2.75 bits per heavy atom. The van der Waals surface area contributed by atoms with Crippen LogP contribution in [-0.2, 0) is 15.7 Å². The van der Waals surface area contributed by atoms with Crippen molar-refractivity contribution in [1.29, 1.82) is 0 Å². The third kappa shape index (κ3) is 1.97. The van der Waals surface area contributed by atoms with Gasteiger partial charge in [-0.1, -0.05) is 6.92 Å². The molecule has 1 rings (SSSR count). The first-order valence-corrected chi connectivity index (χ1v) is 6.34. The third-order valence-corrected chi connectivity index (χ3v) is 4.96. The minimum Gasteiger partial charge on any atom is -0.233 e. The van der Waals surface area contributed by atoms with Gasteiger partial charge >= 0.3 is 0 Å². The topological polar surface area (TPSA) is 47.0 Å². The van der Waals surface area contributed by atoms with Crippen molar-refractivity contribution in [2.75, 3.05) is 5.75 Å². The number of aromatic nitrogens is 1. The zero-order valence-electron chi connectivity index (χ0n) is 6.45. The summed E-state index contributed by atoms with van der Waals surface area (Å²) in [5, 5.41) is 0. The van der Waals surface area contributed by atoms with E-state index in [0.717, 1.165) is 16.2 Å². The first kappa shape index (κ1) is 9.95. The molecule has 0 atom stereocenters. The highest BCUT2D eigenvalue weighted by Crippen LogP contribution is 2.20. The molecule has 1 aromatic rings. The van der Waals surface area contributed by atoms with Crippen LogP contribution in [-0.4, -0.2) is 19.2 Å². The molecule has 3 nitrogen and oxygen atoms in total. The van der Waals surface area contributed by atoms with Gasteiger partial charge in [-0.05, 0) is 0 Å². The highest BCUT2D eigenvalue weighted by molar-refractivity contribution is 7.93. The lowest BCUT2D eigenvalue weighted by molar-refractivity contribution is 0.596. The van der Waals surface area contributed by atoms with Crippen LogP contribution in [0.2, 0.25) is 0 Å². The van der Waals surface area contributed by atoms with Crippen molar-refractivity contribution >= 4 is 32.8 Å². The van der Waals surface area contributed by atoms with E-state index in [1.807, 2.05) is 0 Å². The summed E-state index contributed by atoms with van der Waals surface area (Å²) >= 11 is 6.64. The molecule has 1 heterocycles. The van der Waals surface area contributed by atoms with Gasteiger partial charge in [-0.25, -0.2) is 13.4 Å².